The third-order valence-electron chi connectivity index (χ3n) is 6.11. The lowest BCUT2D eigenvalue weighted by molar-refractivity contribution is -0.134. The first-order chi connectivity index (χ1) is 11.7. The molecule has 4 heteroatoms. The number of carbonyl (C=O) groups excluding carboxylic acids is 1. The molecule has 1 spiro atoms. The normalized spacial score (nSPS) is 20.4. The summed E-state index contributed by atoms with van der Waals surface area (Å²) in [4.78, 5) is 15.0. The Labute approximate surface area is 156 Å². The lowest BCUT2D eigenvalue weighted by Crippen LogP contribution is -2.45. The second-order valence-electron chi connectivity index (χ2n) is 7.58. The zero-order chi connectivity index (χ0) is 16.6. The quantitative estimate of drug-likeness (QED) is 0.881. The predicted molar refractivity (Wildman–Crippen MR) is 105 cm³/mol. The number of hydrogen-bond acceptors (Lipinski definition) is 2. The number of halogens is 1. The highest BCUT2D eigenvalue weighted by molar-refractivity contribution is 5.87. The minimum absolute atomic E-state index is 0. The van der Waals surface area contributed by atoms with Crippen LogP contribution in [0.4, 0.5) is 0 Å². The first kappa shape index (κ1) is 18.2. The van der Waals surface area contributed by atoms with Gasteiger partial charge in [-0.25, -0.2) is 0 Å². The predicted octanol–water partition coefficient (Wildman–Crippen LogP) is 3.97. The molecule has 2 fully saturated rings. The van der Waals surface area contributed by atoms with E-state index in [0.29, 0.717) is 5.41 Å². The van der Waals surface area contributed by atoms with E-state index >= 15 is 0 Å². The Morgan fingerprint density at radius 1 is 1.08 bits per heavy atom. The van der Waals surface area contributed by atoms with Crippen molar-refractivity contribution in [3.05, 3.63) is 48.0 Å². The summed E-state index contributed by atoms with van der Waals surface area (Å²) in [5, 5.41) is 5.93. The van der Waals surface area contributed by atoms with Crippen LogP contribution >= 0.6 is 12.4 Å². The molecule has 1 atom stereocenters. The van der Waals surface area contributed by atoms with Gasteiger partial charge in [0.1, 0.15) is 0 Å². The van der Waals surface area contributed by atoms with Gasteiger partial charge in [0.15, 0.2) is 0 Å². The number of benzene rings is 2. The van der Waals surface area contributed by atoms with Crippen molar-refractivity contribution in [2.45, 2.75) is 32.1 Å². The highest BCUT2D eigenvalue weighted by Gasteiger charge is 2.38. The Bertz CT molecular complexity index is 744. The van der Waals surface area contributed by atoms with Crippen LogP contribution in [0.15, 0.2) is 42.5 Å². The fraction of sp³-hybridized carbons (Fsp3) is 0.476. The van der Waals surface area contributed by atoms with Crippen LogP contribution < -0.4 is 5.32 Å². The van der Waals surface area contributed by atoms with Crippen LogP contribution in [0.1, 0.15) is 37.7 Å². The molecule has 0 bridgehead atoms. The van der Waals surface area contributed by atoms with Gasteiger partial charge in [-0.3, -0.25) is 4.79 Å². The molecule has 2 aliphatic heterocycles. The summed E-state index contributed by atoms with van der Waals surface area (Å²) in [6.45, 7) is 6.15. The van der Waals surface area contributed by atoms with Crippen LogP contribution in [-0.2, 0) is 4.79 Å². The number of carbonyl (C=O) groups is 1. The fourth-order valence-electron chi connectivity index (χ4n) is 4.32. The molecule has 4 rings (SSSR count). The van der Waals surface area contributed by atoms with E-state index in [2.05, 4.69) is 52.7 Å². The van der Waals surface area contributed by atoms with Crippen molar-refractivity contribution in [3.63, 3.8) is 0 Å². The Hall–Kier alpha value is -1.58. The van der Waals surface area contributed by atoms with Crippen molar-refractivity contribution >= 4 is 29.1 Å². The van der Waals surface area contributed by atoms with E-state index < -0.39 is 0 Å². The van der Waals surface area contributed by atoms with E-state index in [9.17, 15) is 4.79 Å². The smallest absolute Gasteiger partial charge is 0.229 e. The van der Waals surface area contributed by atoms with E-state index in [-0.39, 0.29) is 24.2 Å². The van der Waals surface area contributed by atoms with Crippen molar-refractivity contribution in [3.8, 4) is 0 Å². The molecule has 0 aliphatic carbocycles. The van der Waals surface area contributed by atoms with Crippen molar-refractivity contribution < 1.29 is 4.79 Å². The van der Waals surface area contributed by atoms with Crippen LogP contribution in [-0.4, -0.2) is 37.0 Å². The van der Waals surface area contributed by atoms with E-state index in [1.54, 1.807) is 0 Å². The summed E-state index contributed by atoms with van der Waals surface area (Å²) < 4.78 is 0. The molecular formula is C21H27ClN2O. The molecule has 0 aromatic heterocycles. The minimum atomic E-state index is -0.0645. The zero-order valence-corrected chi connectivity index (χ0v) is 15.6. The van der Waals surface area contributed by atoms with Gasteiger partial charge in [-0.05, 0) is 54.5 Å². The van der Waals surface area contributed by atoms with Crippen LogP contribution in [0.3, 0.4) is 0 Å². The molecule has 0 radical (unpaired) electrons. The maximum absolute atomic E-state index is 12.9. The Morgan fingerprint density at radius 3 is 2.48 bits per heavy atom. The van der Waals surface area contributed by atoms with Gasteiger partial charge in [0, 0.05) is 19.6 Å². The summed E-state index contributed by atoms with van der Waals surface area (Å²) in [5.74, 6) is 0.219. The summed E-state index contributed by atoms with van der Waals surface area (Å²) in [6.07, 6.45) is 3.57. The van der Waals surface area contributed by atoms with Gasteiger partial charge >= 0.3 is 0 Å². The summed E-state index contributed by atoms with van der Waals surface area (Å²) in [7, 11) is 0. The number of nitrogens with zero attached hydrogens (tertiary/aromatic N) is 1. The summed E-state index contributed by atoms with van der Waals surface area (Å²) in [6, 6.07) is 14.8. The number of piperidine rings is 1. The molecule has 2 aromatic carbocycles. The first-order valence-corrected chi connectivity index (χ1v) is 9.15. The van der Waals surface area contributed by atoms with Gasteiger partial charge in [0.05, 0.1) is 5.92 Å². The third kappa shape index (κ3) is 3.54. The summed E-state index contributed by atoms with van der Waals surface area (Å²) >= 11 is 0. The average molecular weight is 359 g/mol. The monoisotopic (exact) mass is 358 g/mol. The molecule has 2 aliphatic rings. The second kappa shape index (κ2) is 7.35. The zero-order valence-electron chi connectivity index (χ0n) is 14.8. The molecule has 1 N–H and O–H groups in total. The van der Waals surface area contributed by atoms with Crippen molar-refractivity contribution in [1.82, 2.24) is 10.2 Å². The molecule has 3 nitrogen and oxygen atoms in total. The van der Waals surface area contributed by atoms with E-state index in [1.807, 2.05) is 6.92 Å². The van der Waals surface area contributed by atoms with Crippen LogP contribution in [0.25, 0.3) is 10.8 Å². The average Bonchev–Trinajstić information content (AvgIpc) is 3.09. The molecule has 2 aromatic rings. The molecular weight excluding hydrogens is 332 g/mol. The maximum Gasteiger partial charge on any atom is 0.229 e. The maximum atomic E-state index is 12.9. The Balaban J connectivity index is 0.00000182. The Kier molecular flexibility index (Phi) is 5.35. The molecule has 1 amide bonds. The third-order valence-corrected chi connectivity index (χ3v) is 6.11. The van der Waals surface area contributed by atoms with Crippen molar-refractivity contribution in [1.29, 1.82) is 0 Å². The first-order valence-electron chi connectivity index (χ1n) is 9.15. The van der Waals surface area contributed by atoms with Gasteiger partial charge in [-0.1, -0.05) is 42.5 Å². The van der Waals surface area contributed by atoms with E-state index in [4.69, 9.17) is 0 Å². The fourth-order valence-corrected chi connectivity index (χ4v) is 4.32. The highest BCUT2D eigenvalue weighted by atomic mass is 35.5. The molecule has 1 unspecified atom stereocenters. The number of likely N-dealkylation sites (tertiary alicyclic amines) is 1. The summed E-state index contributed by atoms with van der Waals surface area (Å²) in [5.41, 5.74) is 1.59. The van der Waals surface area contributed by atoms with Crippen molar-refractivity contribution in [2.24, 2.45) is 5.41 Å². The van der Waals surface area contributed by atoms with E-state index in [0.717, 1.165) is 44.6 Å². The lowest BCUT2D eigenvalue weighted by atomic mass is 9.77. The molecule has 0 saturated carbocycles. The van der Waals surface area contributed by atoms with Gasteiger partial charge in [0.25, 0.3) is 0 Å². The highest BCUT2D eigenvalue weighted by Crippen LogP contribution is 2.37. The molecule has 2 heterocycles. The van der Waals surface area contributed by atoms with Crippen molar-refractivity contribution in [2.75, 3.05) is 26.2 Å². The lowest BCUT2D eigenvalue weighted by Gasteiger charge is -2.39. The van der Waals surface area contributed by atoms with Crippen LogP contribution in [0, 0.1) is 5.41 Å². The number of fused-ring (bicyclic) bond motifs is 1. The Morgan fingerprint density at radius 2 is 1.80 bits per heavy atom. The molecule has 25 heavy (non-hydrogen) atoms. The second-order valence-corrected chi connectivity index (χ2v) is 7.58. The van der Waals surface area contributed by atoms with Crippen LogP contribution in [0.5, 0.6) is 0 Å². The standard InChI is InChI=1S/C21H26N2O.ClH/c1-16(18-7-6-17-4-2-3-5-19(17)14-18)20(24)23-12-9-21(10-13-23)8-11-22-15-21;/h2-7,14,16,22H,8-13,15H2,1H3;1H. The van der Waals surface area contributed by atoms with Gasteiger partial charge in [0.2, 0.25) is 5.91 Å². The van der Waals surface area contributed by atoms with Crippen LogP contribution in [0.2, 0.25) is 0 Å². The SMILES string of the molecule is CC(C(=O)N1CCC2(CCNC2)CC1)c1ccc2ccccc2c1.Cl. The van der Waals surface area contributed by atoms with Gasteiger partial charge in [-0.15, -0.1) is 12.4 Å². The minimum Gasteiger partial charge on any atom is -0.342 e. The number of nitrogens with one attached hydrogen (secondary N) is 1. The number of rotatable bonds is 2. The molecule has 2 saturated heterocycles. The van der Waals surface area contributed by atoms with E-state index in [1.165, 1.54) is 17.2 Å². The van der Waals surface area contributed by atoms with Gasteiger partial charge < -0.3 is 10.2 Å². The van der Waals surface area contributed by atoms with Gasteiger partial charge in [-0.2, -0.15) is 0 Å². The topological polar surface area (TPSA) is 32.3 Å². The molecule has 134 valence electrons. The number of hydrogen-bond donors (Lipinski definition) is 1. The number of amides is 1. The largest absolute Gasteiger partial charge is 0.342 e.